The van der Waals surface area contributed by atoms with Gasteiger partial charge in [-0.3, -0.25) is 4.40 Å². The Hall–Kier alpha value is -1.55. The molecule has 0 spiro atoms. The number of hydrogen-bond acceptors (Lipinski definition) is 3. The minimum absolute atomic E-state index is 0.286. The highest BCUT2D eigenvalue weighted by Crippen LogP contribution is 2.16. The number of rotatable bonds is 2. The van der Waals surface area contributed by atoms with E-state index in [0.29, 0.717) is 6.04 Å². The van der Waals surface area contributed by atoms with Crippen molar-refractivity contribution < 1.29 is 5.11 Å². The topological polar surface area (TPSA) is 49.6 Å². The first-order valence-electron chi connectivity index (χ1n) is 6.21. The molecule has 1 saturated heterocycles. The standard InChI is InChI=1S/C13H17N3O/c17-12-5-4-11-8-15-13(16(11)9-12)7-10-3-1-2-6-14-10/h4-5,8-10,14,17H,1-3,6-7H2. The smallest absolute Gasteiger partial charge is 0.132 e. The van der Waals surface area contributed by atoms with E-state index in [1.54, 1.807) is 12.3 Å². The van der Waals surface area contributed by atoms with Crippen LogP contribution in [0.2, 0.25) is 0 Å². The number of fused-ring (bicyclic) bond motifs is 1. The molecule has 90 valence electrons. The molecule has 2 aromatic heterocycles. The number of nitrogens with zero attached hydrogens (tertiary/aromatic N) is 2. The lowest BCUT2D eigenvalue weighted by Gasteiger charge is -2.22. The summed E-state index contributed by atoms with van der Waals surface area (Å²) in [5.41, 5.74) is 1.04. The third-order valence-corrected chi connectivity index (χ3v) is 3.43. The molecule has 1 aliphatic heterocycles. The Balaban J connectivity index is 1.86. The van der Waals surface area contributed by atoms with Crippen molar-refractivity contribution in [3.05, 3.63) is 30.4 Å². The maximum absolute atomic E-state index is 9.51. The van der Waals surface area contributed by atoms with Crippen molar-refractivity contribution in [2.24, 2.45) is 0 Å². The normalized spacial score (nSPS) is 20.8. The monoisotopic (exact) mass is 231 g/mol. The van der Waals surface area contributed by atoms with Gasteiger partial charge in [0.1, 0.15) is 11.6 Å². The maximum atomic E-state index is 9.51. The fourth-order valence-electron chi connectivity index (χ4n) is 2.50. The number of imidazole rings is 1. The van der Waals surface area contributed by atoms with Crippen LogP contribution in [0.25, 0.3) is 5.52 Å². The van der Waals surface area contributed by atoms with E-state index in [0.717, 1.165) is 24.3 Å². The number of aromatic nitrogens is 2. The molecular weight excluding hydrogens is 214 g/mol. The van der Waals surface area contributed by atoms with Crippen molar-refractivity contribution in [3.8, 4) is 5.75 Å². The lowest BCUT2D eigenvalue weighted by Crippen LogP contribution is -2.36. The Kier molecular flexibility index (Phi) is 2.73. The van der Waals surface area contributed by atoms with E-state index < -0.39 is 0 Å². The second-order valence-electron chi connectivity index (χ2n) is 4.71. The first-order valence-corrected chi connectivity index (χ1v) is 6.21. The Morgan fingerprint density at radius 3 is 3.18 bits per heavy atom. The van der Waals surface area contributed by atoms with Gasteiger partial charge in [-0.15, -0.1) is 0 Å². The highest BCUT2D eigenvalue weighted by atomic mass is 16.3. The van der Waals surface area contributed by atoms with Crippen LogP contribution in [0.5, 0.6) is 5.75 Å². The molecule has 1 fully saturated rings. The molecule has 2 aromatic rings. The Bertz CT molecular complexity index is 514. The fourth-order valence-corrected chi connectivity index (χ4v) is 2.50. The maximum Gasteiger partial charge on any atom is 0.132 e. The van der Waals surface area contributed by atoms with Gasteiger partial charge in [0.05, 0.1) is 17.9 Å². The van der Waals surface area contributed by atoms with E-state index in [-0.39, 0.29) is 5.75 Å². The molecule has 4 nitrogen and oxygen atoms in total. The average molecular weight is 231 g/mol. The zero-order valence-electron chi connectivity index (χ0n) is 9.76. The third-order valence-electron chi connectivity index (χ3n) is 3.43. The predicted molar refractivity (Wildman–Crippen MR) is 66.2 cm³/mol. The SMILES string of the molecule is Oc1ccc2cnc(CC3CCCCN3)n2c1. The van der Waals surface area contributed by atoms with Crippen LogP contribution in [0.1, 0.15) is 25.1 Å². The van der Waals surface area contributed by atoms with Crippen LogP contribution in [0, 0.1) is 0 Å². The molecule has 1 unspecified atom stereocenters. The summed E-state index contributed by atoms with van der Waals surface area (Å²) < 4.78 is 1.98. The molecule has 0 aromatic carbocycles. The van der Waals surface area contributed by atoms with Gasteiger partial charge >= 0.3 is 0 Å². The summed E-state index contributed by atoms with van der Waals surface area (Å²) in [7, 11) is 0. The van der Waals surface area contributed by atoms with E-state index in [1.165, 1.54) is 19.3 Å². The average Bonchev–Trinajstić information content (AvgIpc) is 2.73. The van der Waals surface area contributed by atoms with Gasteiger partial charge in [0.15, 0.2) is 0 Å². The molecule has 2 N–H and O–H groups in total. The molecule has 0 aliphatic carbocycles. The first kappa shape index (κ1) is 10.6. The van der Waals surface area contributed by atoms with Crippen LogP contribution >= 0.6 is 0 Å². The van der Waals surface area contributed by atoms with Gasteiger partial charge in [-0.25, -0.2) is 4.98 Å². The van der Waals surface area contributed by atoms with Crippen molar-refractivity contribution in [1.29, 1.82) is 0 Å². The van der Waals surface area contributed by atoms with Crippen LogP contribution in [-0.2, 0) is 6.42 Å². The number of piperidine rings is 1. The highest BCUT2D eigenvalue weighted by Gasteiger charge is 2.15. The molecule has 0 bridgehead atoms. The lowest BCUT2D eigenvalue weighted by atomic mass is 10.0. The van der Waals surface area contributed by atoms with Crippen molar-refractivity contribution in [2.45, 2.75) is 31.7 Å². The van der Waals surface area contributed by atoms with Gasteiger partial charge in [0.25, 0.3) is 0 Å². The first-order chi connectivity index (χ1) is 8.33. The second kappa shape index (κ2) is 4.37. The summed E-state index contributed by atoms with van der Waals surface area (Å²) in [6, 6.07) is 4.11. The summed E-state index contributed by atoms with van der Waals surface area (Å²) in [4.78, 5) is 4.44. The van der Waals surface area contributed by atoms with Gasteiger partial charge in [-0.2, -0.15) is 0 Å². The van der Waals surface area contributed by atoms with Crippen molar-refractivity contribution in [1.82, 2.24) is 14.7 Å². The molecular formula is C13H17N3O. The Morgan fingerprint density at radius 1 is 1.41 bits per heavy atom. The third kappa shape index (κ3) is 2.13. The number of aromatic hydroxyl groups is 1. The lowest BCUT2D eigenvalue weighted by molar-refractivity contribution is 0.393. The second-order valence-corrected chi connectivity index (χ2v) is 4.71. The quantitative estimate of drug-likeness (QED) is 0.827. The summed E-state index contributed by atoms with van der Waals surface area (Å²) in [6.07, 6.45) is 8.31. The zero-order chi connectivity index (χ0) is 11.7. The van der Waals surface area contributed by atoms with Crippen LogP contribution in [0.3, 0.4) is 0 Å². The van der Waals surface area contributed by atoms with E-state index in [2.05, 4.69) is 10.3 Å². The number of hydrogen-bond donors (Lipinski definition) is 2. The van der Waals surface area contributed by atoms with Gasteiger partial charge in [-0.1, -0.05) is 6.42 Å². The van der Waals surface area contributed by atoms with Crippen molar-refractivity contribution >= 4 is 5.52 Å². The molecule has 17 heavy (non-hydrogen) atoms. The van der Waals surface area contributed by atoms with Crippen molar-refractivity contribution in [2.75, 3.05) is 6.54 Å². The predicted octanol–water partition coefficient (Wildman–Crippen LogP) is 1.72. The molecule has 0 saturated carbocycles. The van der Waals surface area contributed by atoms with Gasteiger partial charge in [-0.05, 0) is 31.5 Å². The summed E-state index contributed by atoms with van der Waals surface area (Å²) >= 11 is 0. The van der Waals surface area contributed by atoms with Gasteiger partial charge in [0, 0.05) is 12.5 Å². The fraction of sp³-hybridized carbons (Fsp3) is 0.462. The van der Waals surface area contributed by atoms with Gasteiger partial charge < -0.3 is 10.4 Å². The Labute approximate surface area is 100 Å². The van der Waals surface area contributed by atoms with Gasteiger partial charge in [0.2, 0.25) is 0 Å². The molecule has 3 heterocycles. The van der Waals surface area contributed by atoms with Crippen LogP contribution in [0.15, 0.2) is 24.5 Å². The van der Waals surface area contributed by atoms with Crippen molar-refractivity contribution in [3.63, 3.8) is 0 Å². The molecule has 3 rings (SSSR count). The highest BCUT2D eigenvalue weighted by molar-refractivity contribution is 5.48. The van der Waals surface area contributed by atoms with Crippen LogP contribution < -0.4 is 5.32 Å². The van der Waals surface area contributed by atoms with Crippen LogP contribution in [0.4, 0.5) is 0 Å². The number of pyridine rings is 1. The molecule has 0 radical (unpaired) electrons. The number of nitrogens with one attached hydrogen (secondary N) is 1. The zero-order valence-corrected chi connectivity index (χ0v) is 9.76. The van der Waals surface area contributed by atoms with E-state index in [9.17, 15) is 5.11 Å². The summed E-state index contributed by atoms with van der Waals surface area (Å²) in [6.45, 7) is 1.11. The minimum atomic E-state index is 0.286. The molecule has 1 aliphatic rings. The Morgan fingerprint density at radius 2 is 2.35 bits per heavy atom. The minimum Gasteiger partial charge on any atom is -0.506 e. The largest absolute Gasteiger partial charge is 0.506 e. The van der Waals surface area contributed by atoms with E-state index in [1.807, 2.05) is 16.7 Å². The van der Waals surface area contributed by atoms with E-state index >= 15 is 0 Å². The molecule has 4 heteroatoms. The molecule has 1 atom stereocenters. The summed E-state index contributed by atoms with van der Waals surface area (Å²) in [5, 5.41) is 13.0. The summed E-state index contributed by atoms with van der Waals surface area (Å²) in [5.74, 6) is 1.31. The molecule has 0 amide bonds. The van der Waals surface area contributed by atoms with Crippen LogP contribution in [-0.4, -0.2) is 27.1 Å². The van der Waals surface area contributed by atoms with E-state index in [4.69, 9.17) is 0 Å².